The Kier molecular flexibility index (Phi) is 4.59. The van der Waals surface area contributed by atoms with Crippen LogP contribution in [-0.4, -0.2) is 7.11 Å². The summed E-state index contributed by atoms with van der Waals surface area (Å²) in [7, 11) is 1.67. The van der Waals surface area contributed by atoms with Gasteiger partial charge in [-0.2, -0.15) is 0 Å². The summed E-state index contributed by atoms with van der Waals surface area (Å²) >= 11 is 6.16. The van der Waals surface area contributed by atoms with Crippen LogP contribution in [0.2, 0.25) is 5.02 Å². The van der Waals surface area contributed by atoms with E-state index in [1.807, 2.05) is 55.5 Å². The molecule has 0 bridgehead atoms. The van der Waals surface area contributed by atoms with Gasteiger partial charge in [-0.1, -0.05) is 54.1 Å². The van der Waals surface area contributed by atoms with Gasteiger partial charge < -0.3 is 10.5 Å². The average molecular weight is 276 g/mol. The Hall–Kier alpha value is -1.35. The summed E-state index contributed by atoms with van der Waals surface area (Å²) in [6.45, 7) is 1.97. The van der Waals surface area contributed by atoms with Gasteiger partial charge >= 0.3 is 0 Å². The number of halogens is 1. The largest absolute Gasteiger partial charge is 0.375 e. The van der Waals surface area contributed by atoms with E-state index >= 15 is 0 Å². The van der Waals surface area contributed by atoms with Gasteiger partial charge in [0, 0.05) is 12.1 Å². The molecule has 100 valence electrons. The molecule has 3 heteroatoms. The minimum atomic E-state index is -0.245. The van der Waals surface area contributed by atoms with Crippen LogP contribution in [0.4, 0.5) is 0 Å². The molecule has 2 aromatic carbocycles. The monoisotopic (exact) mass is 275 g/mol. The fraction of sp³-hybridized carbons (Fsp3) is 0.250. The lowest BCUT2D eigenvalue weighted by Crippen LogP contribution is -2.21. The predicted octanol–water partition coefficient (Wildman–Crippen LogP) is 4.04. The van der Waals surface area contributed by atoms with Crippen molar-refractivity contribution in [3.05, 3.63) is 70.2 Å². The van der Waals surface area contributed by atoms with Crippen LogP contribution in [0.15, 0.2) is 48.5 Å². The maximum atomic E-state index is 6.32. The van der Waals surface area contributed by atoms with Crippen LogP contribution in [0.5, 0.6) is 0 Å². The number of aryl methyl sites for hydroxylation is 1. The number of hydrogen-bond donors (Lipinski definition) is 1. The highest BCUT2D eigenvalue weighted by atomic mass is 35.5. The summed E-state index contributed by atoms with van der Waals surface area (Å²) in [5.74, 6) is 0. The summed E-state index contributed by atoms with van der Waals surface area (Å²) in [5, 5.41) is 0.732. The van der Waals surface area contributed by atoms with Gasteiger partial charge in [-0.3, -0.25) is 0 Å². The van der Waals surface area contributed by atoms with Crippen molar-refractivity contribution < 1.29 is 4.74 Å². The number of benzene rings is 2. The zero-order valence-electron chi connectivity index (χ0n) is 11.1. The molecule has 2 unspecified atom stereocenters. The molecule has 0 spiro atoms. The third-order valence-corrected chi connectivity index (χ3v) is 3.70. The van der Waals surface area contributed by atoms with Crippen LogP contribution in [0.1, 0.15) is 28.8 Å². The first kappa shape index (κ1) is 14.1. The maximum Gasteiger partial charge on any atom is 0.101 e. The molecule has 0 aliphatic carbocycles. The molecule has 0 saturated heterocycles. The number of methoxy groups -OCH3 is 1. The van der Waals surface area contributed by atoms with Crippen molar-refractivity contribution in [1.29, 1.82) is 0 Å². The molecule has 2 N–H and O–H groups in total. The standard InChI is InChI=1S/C16H18ClNO/c1-11-8-9-13(10-14(11)17)15(18)16(19-2)12-6-4-3-5-7-12/h3-10,15-16H,18H2,1-2H3. The van der Waals surface area contributed by atoms with Crippen molar-refractivity contribution in [1.82, 2.24) is 0 Å². The summed E-state index contributed by atoms with van der Waals surface area (Å²) in [6.07, 6.45) is -0.181. The van der Waals surface area contributed by atoms with Crippen LogP contribution in [0.25, 0.3) is 0 Å². The molecule has 19 heavy (non-hydrogen) atoms. The Morgan fingerprint density at radius 3 is 2.32 bits per heavy atom. The average Bonchev–Trinajstić information content (AvgIpc) is 2.44. The minimum Gasteiger partial charge on any atom is -0.375 e. The molecule has 0 aliphatic heterocycles. The van der Waals surface area contributed by atoms with E-state index < -0.39 is 0 Å². The van der Waals surface area contributed by atoms with Crippen LogP contribution in [0, 0.1) is 6.92 Å². The lowest BCUT2D eigenvalue weighted by Gasteiger charge is -2.23. The summed E-state index contributed by atoms with van der Waals surface area (Å²) in [4.78, 5) is 0. The van der Waals surface area contributed by atoms with Crippen molar-refractivity contribution in [3.63, 3.8) is 0 Å². The first-order valence-electron chi connectivity index (χ1n) is 6.23. The van der Waals surface area contributed by atoms with Gasteiger partial charge in [0.25, 0.3) is 0 Å². The normalized spacial score (nSPS) is 14.1. The van der Waals surface area contributed by atoms with Crippen molar-refractivity contribution in [2.24, 2.45) is 5.73 Å². The second-order valence-corrected chi connectivity index (χ2v) is 5.01. The topological polar surface area (TPSA) is 35.2 Å². The predicted molar refractivity (Wildman–Crippen MR) is 79.3 cm³/mol. The Morgan fingerprint density at radius 1 is 1.05 bits per heavy atom. The van der Waals surface area contributed by atoms with Gasteiger partial charge in [0.2, 0.25) is 0 Å². The van der Waals surface area contributed by atoms with E-state index in [9.17, 15) is 0 Å². The molecule has 0 aromatic heterocycles. The molecular formula is C16H18ClNO. The fourth-order valence-electron chi connectivity index (χ4n) is 2.12. The Bertz CT molecular complexity index is 542. The van der Waals surface area contributed by atoms with E-state index in [4.69, 9.17) is 22.1 Å². The lowest BCUT2D eigenvalue weighted by molar-refractivity contribution is 0.0802. The number of nitrogens with two attached hydrogens (primary N) is 1. The van der Waals surface area contributed by atoms with Gasteiger partial charge in [-0.25, -0.2) is 0 Å². The lowest BCUT2D eigenvalue weighted by atomic mass is 9.96. The molecule has 2 atom stereocenters. The van der Waals surface area contributed by atoms with E-state index in [1.54, 1.807) is 7.11 Å². The SMILES string of the molecule is COC(c1ccccc1)C(N)c1ccc(C)c(Cl)c1. The third-order valence-electron chi connectivity index (χ3n) is 3.29. The van der Waals surface area contributed by atoms with Crippen LogP contribution in [-0.2, 0) is 4.74 Å². The van der Waals surface area contributed by atoms with Gasteiger partial charge in [0.15, 0.2) is 0 Å². The molecular weight excluding hydrogens is 258 g/mol. The second-order valence-electron chi connectivity index (χ2n) is 4.60. The van der Waals surface area contributed by atoms with E-state index in [1.165, 1.54) is 0 Å². The Labute approximate surface area is 119 Å². The molecule has 0 fully saturated rings. The van der Waals surface area contributed by atoms with E-state index in [2.05, 4.69) is 0 Å². The zero-order chi connectivity index (χ0) is 13.8. The van der Waals surface area contributed by atoms with Gasteiger partial charge in [0.05, 0.1) is 6.04 Å². The van der Waals surface area contributed by atoms with Crippen molar-refractivity contribution in [2.75, 3.05) is 7.11 Å². The van der Waals surface area contributed by atoms with E-state index in [0.717, 1.165) is 21.7 Å². The Balaban J connectivity index is 2.30. The van der Waals surface area contributed by atoms with Gasteiger partial charge in [0.1, 0.15) is 6.10 Å². The highest BCUT2D eigenvalue weighted by molar-refractivity contribution is 6.31. The molecule has 0 aliphatic rings. The summed E-state index contributed by atoms with van der Waals surface area (Å²) < 4.78 is 5.55. The van der Waals surface area contributed by atoms with Crippen LogP contribution in [0.3, 0.4) is 0 Å². The second kappa shape index (κ2) is 6.20. The minimum absolute atomic E-state index is 0.181. The molecule has 0 saturated carbocycles. The molecule has 2 nitrogen and oxygen atoms in total. The van der Waals surface area contributed by atoms with Crippen LogP contribution >= 0.6 is 11.6 Å². The van der Waals surface area contributed by atoms with E-state index in [-0.39, 0.29) is 12.1 Å². The van der Waals surface area contributed by atoms with Crippen molar-refractivity contribution in [2.45, 2.75) is 19.1 Å². The zero-order valence-corrected chi connectivity index (χ0v) is 11.9. The van der Waals surface area contributed by atoms with Crippen molar-refractivity contribution >= 4 is 11.6 Å². The number of ether oxygens (including phenoxy) is 1. The highest BCUT2D eigenvalue weighted by Gasteiger charge is 2.21. The molecule has 0 amide bonds. The quantitative estimate of drug-likeness (QED) is 0.914. The summed E-state index contributed by atoms with van der Waals surface area (Å²) in [6, 6.07) is 15.6. The maximum absolute atomic E-state index is 6.32. The smallest absolute Gasteiger partial charge is 0.101 e. The first-order valence-corrected chi connectivity index (χ1v) is 6.60. The number of hydrogen-bond acceptors (Lipinski definition) is 2. The van der Waals surface area contributed by atoms with Gasteiger partial charge in [-0.15, -0.1) is 0 Å². The fourth-order valence-corrected chi connectivity index (χ4v) is 2.31. The molecule has 2 aromatic rings. The Morgan fingerprint density at radius 2 is 1.74 bits per heavy atom. The summed E-state index contributed by atoms with van der Waals surface area (Å²) in [5.41, 5.74) is 9.41. The molecule has 0 heterocycles. The third kappa shape index (κ3) is 3.16. The van der Waals surface area contributed by atoms with E-state index in [0.29, 0.717) is 0 Å². The first-order chi connectivity index (χ1) is 9.13. The van der Waals surface area contributed by atoms with Crippen LogP contribution < -0.4 is 5.73 Å². The van der Waals surface area contributed by atoms with Crippen molar-refractivity contribution in [3.8, 4) is 0 Å². The van der Waals surface area contributed by atoms with Gasteiger partial charge in [-0.05, 0) is 29.7 Å². The number of rotatable bonds is 4. The molecule has 2 rings (SSSR count). The molecule has 0 radical (unpaired) electrons. The highest BCUT2D eigenvalue weighted by Crippen LogP contribution is 2.31.